The van der Waals surface area contributed by atoms with E-state index in [1.807, 2.05) is 6.92 Å². The molecule has 0 spiro atoms. The minimum atomic E-state index is 0.329. The van der Waals surface area contributed by atoms with Gasteiger partial charge in [0.15, 0.2) is 0 Å². The number of aryl methyl sites for hydroxylation is 1. The van der Waals surface area contributed by atoms with Crippen molar-refractivity contribution in [3.05, 3.63) is 29.7 Å². The van der Waals surface area contributed by atoms with Crippen LogP contribution < -0.4 is 0 Å². The topological polar surface area (TPSA) is 70.8 Å². The largest absolute Gasteiger partial charge is 0.361 e. The Morgan fingerprint density at radius 2 is 2.44 bits per heavy atom. The molecule has 3 heterocycles. The molecule has 1 atom stereocenters. The fourth-order valence-corrected chi connectivity index (χ4v) is 2.55. The van der Waals surface area contributed by atoms with Crippen molar-refractivity contribution < 1.29 is 4.52 Å². The summed E-state index contributed by atoms with van der Waals surface area (Å²) < 4.78 is 5.12. The Morgan fingerprint density at radius 1 is 1.50 bits per heavy atom. The molecule has 3 rings (SSSR count). The Bertz CT molecular complexity index is 492. The summed E-state index contributed by atoms with van der Waals surface area (Å²) >= 11 is 0. The maximum Gasteiger partial charge on any atom is 0.141 e. The first kappa shape index (κ1) is 11.4. The van der Waals surface area contributed by atoms with Gasteiger partial charge in [0, 0.05) is 12.1 Å². The van der Waals surface area contributed by atoms with Gasteiger partial charge in [-0.2, -0.15) is 5.10 Å². The highest BCUT2D eigenvalue weighted by Crippen LogP contribution is 2.30. The van der Waals surface area contributed by atoms with Crippen molar-refractivity contribution in [2.75, 3.05) is 6.54 Å². The molecule has 0 radical (unpaired) electrons. The fourth-order valence-electron chi connectivity index (χ4n) is 2.55. The summed E-state index contributed by atoms with van der Waals surface area (Å²) in [5.74, 6) is 1.86. The van der Waals surface area contributed by atoms with Crippen LogP contribution in [0.5, 0.6) is 0 Å². The summed E-state index contributed by atoms with van der Waals surface area (Å²) in [4.78, 5) is 6.71. The Balaban J connectivity index is 1.78. The highest BCUT2D eigenvalue weighted by atomic mass is 16.5. The molecule has 1 saturated heterocycles. The molecule has 0 saturated carbocycles. The molecule has 1 N–H and O–H groups in total. The lowest BCUT2D eigenvalue weighted by Crippen LogP contribution is -2.33. The molecule has 1 aliphatic heterocycles. The first-order chi connectivity index (χ1) is 8.84. The van der Waals surface area contributed by atoms with Gasteiger partial charge in [-0.3, -0.25) is 10.00 Å². The van der Waals surface area contributed by atoms with Crippen molar-refractivity contribution in [3.63, 3.8) is 0 Å². The van der Waals surface area contributed by atoms with Gasteiger partial charge < -0.3 is 4.52 Å². The van der Waals surface area contributed by atoms with E-state index in [4.69, 9.17) is 4.52 Å². The van der Waals surface area contributed by atoms with Gasteiger partial charge in [0.05, 0.1) is 12.2 Å². The van der Waals surface area contributed by atoms with E-state index >= 15 is 0 Å². The van der Waals surface area contributed by atoms with E-state index < -0.39 is 0 Å². The molecule has 2 aromatic heterocycles. The van der Waals surface area contributed by atoms with Gasteiger partial charge in [-0.15, -0.1) is 0 Å². The smallest absolute Gasteiger partial charge is 0.141 e. The number of nitrogens with zero attached hydrogens (tertiary/aromatic N) is 4. The van der Waals surface area contributed by atoms with Crippen molar-refractivity contribution in [1.82, 2.24) is 25.2 Å². The van der Waals surface area contributed by atoms with E-state index in [2.05, 4.69) is 25.2 Å². The molecule has 1 unspecified atom stereocenters. The second-order valence-electron chi connectivity index (χ2n) is 4.76. The molecular formula is C12H17N5O. The number of hydrogen-bond acceptors (Lipinski definition) is 5. The van der Waals surface area contributed by atoms with Crippen molar-refractivity contribution in [2.45, 2.75) is 38.8 Å². The number of nitrogens with one attached hydrogen (secondary N) is 1. The second kappa shape index (κ2) is 4.89. The van der Waals surface area contributed by atoms with Crippen LogP contribution in [0.1, 0.15) is 42.5 Å². The van der Waals surface area contributed by atoms with Crippen molar-refractivity contribution in [2.24, 2.45) is 0 Å². The van der Waals surface area contributed by atoms with Crippen molar-refractivity contribution >= 4 is 0 Å². The van der Waals surface area contributed by atoms with Crippen LogP contribution in [0.3, 0.4) is 0 Å². The van der Waals surface area contributed by atoms with Crippen LogP contribution in [0.15, 0.2) is 17.0 Å². The van der Waals surface area contributed by atoms with Crippen LogP contribution in [0, 0.1) is 6.92 Å². The van der Waals surface area contributed by atoms with Gasteiger partial charge in [-0.25, -0.2) is 4.98 Å². The molecule has 0 aliphatic carbocycles. The highest BCUT2D eigenvalue weighted by Gasteiger charge is 2.26. The average Bonchev–Trinajstić information content (AvgIpc) is 3.03. The SMILES string of the molecule is Cc1oncc1CN1CCCCC1c1ncn[nH]1. The number of rotatable bonds is 3. The molecule has 6 heteroatoms. The molecule has 6 nitrogen and oxygen atoms in total. The van der Waals surface area contributed by atoms with Crippen molar-refractivity contribution in [1.29, 1.82) is 0 Å². The zero-order chi connectivity index (χ0) is 12.4. The lowest BCUT2D eigenvalue weighted by Gasteiger charge is -2.33. The molecule has 2 aromatic rings. The molecule has 0 bridgehead atoms. The van der Waals surface area contributed by atoms with Crippen LogP contribution in [0.4, 0.5) is 0 Å². The fraction of sp³-hybridized carbons (Fsp3) is 0.583. The molecule has 96 valence electrons. The summed E-state index contributed by atoms with van der Waals surface area (Å²) in [7, 11) is 0. The number of hydrogen-bond donors (Lipinski definition) is 1. The molecule has 0 amide bonds. The molecule has 0 aromatic carbocycles. The molecular weight excluding hydrogens is 230 g/mol. The van der Waals surface area contributed by atoms with E-state index in [0.29, 0.717) is 6.04 Å². The number of piperidine rings is 1. The standard InChI is InChI=1S/C12H17N5O/c1-9-10(6-15-18-9)7-17-5-3-2-4-11(17)12-13-8-14-16-12/h6,8,11H,2-5,7H2,1H3,(H,13,14,16). The molecule has 1 fully saturated rings. The normalized spacial score (nSPS) is 21.3. The monoisotopic (exact) mass is 247 g/mol. The van der Waals surface area contributed by atoms with Gasteiger partial charge in [0.25, 0.3) is 0 Å². The number of aromatic amines is 1. The Hall–Kier alpha value is -1.69. The summed E-state index contributed by atoms with van der Waals surface area (Å²) in [6.07, 6.45) is 6.98. The zero-order valence-electron chi connectivity index (χ0n) is 10.5. The van der Waals surface area contributed by atoms with Gasteiger partial charge in [0.2, 0.25) is 0 Å². The number of H-pyrrole nitrogens is 1. The van der Waals surface area contributed by atoms with Crippen molar-refractivity contribution in [3.8, 4) is 0 Å². The number of likely N-dealkylation sites (tertiary alicyclic amines) is 1. The first-order valence-corrected chi connectivity index (χ1v) is 6.34. The van der Waals surface area contributed by atoms with Crippen LogP contribution in [0.2, 0.25) is 0 Å². The van der Waals surface area contributed by atoms with E-state index in [0.717, 1.165) is 36.7 Å². The van der Waals surface area contributed by atoms with Crippen LogP contribution in [-0.4, -0.2) is 31.8 Å². The highest BCUT2D eigenvalue weighted by molar-refractivity contribution is 5.12. The molecule has 18 heavy (non-hydrogen) atoms. The minimum Gasteiger partial charge on any atom is -0.361 e. The van der Waals surface area contributed by atoms with Crippen LogP contribution in [-0.2, 0) is 6.54 Å². The van der Waals surface area contributed by atoms with E-state index in [9.17, 15) is 0 Å². The quantitative estimate of drug-likeness (QED) is 0.896. The Labute approximate surface area is 105 Å². The van der Waals surface area contributed by atoms with Gasteiger partial charge in [-0.05, 0) is 26.3 Å². The minimum absolute atomic E-state index is 0.329. The third-order valence-electron chi connectivity index (χ3n) is 3.59. The maximum absolute atomic E-state index is 5.12. The third-order valence-corrected chi connectivity index (χ3v) is 3.59. The third kappa shape index (κ3) is 2.15. The predicted molar refractivity (Wildman–Crippen MR) is 64.6 cm³/mol. The van der Waals surface area contributed by atoms with E-state index in [1.165, 1.54) is 12.8 Å². The average molecular weight is 247 g/mol. The lowest BCUT2D eigenvalue weighted by molar-refractivity contribution is 0.133. The maximum atomic E-state index is 5.12. The second-order valence-corrected chi connectivity index (χ2v) is 4.76. The number of aromatic nitrogens is 4. The Morgan fingerprint density at radius 3 is 3.17 bits per heavy atom. The first-order valence-electron chi connectivity index (χ1n) is 6.34. The summed E-state index contributed by atoms with van der Waals surface area (Å²) in [6.45, 7) is 3.90. The van der Waals surface area contributed by atoms with E-state index in [-0.39, 0.29) is 0 Å². The summed E-state index contributed by atoms with van der Waals surface area (Å²) in [5, 5.41) is 10.8. The van der Waals surface area contributed by atoms with Crippen LogP contribution >= 0.6 is 0 Å². The van der Waals surface area contributed by atoms with E-state index in [1.54, 1.807) is 12.5 Å². The van der Waals surface area contributed by atoms with Gasteiger partial charge >= 0.3 is 0 Å². The van der Waals surface area contributed by atoms with Gasteiger partial charge in [-0.1, -0.05) is 11.6 Å². The Kier molecular flexibility index (Phi) is 3.10. The lowest BCUT2D eigenvalue weighted by atomic mass is 10.0. The molecule has 1 aliphatic rings. The summed E-state index contributed by atoms with van der Waals surface area (Å²) in [6, 6.07) is 0.329. The zero-order valence-corrected chi connectivity index (χ0v) is 10.5. The van der Waals surface area contributed by atoms with Gasteiger partial charge in [0.1, 0.15) is 17.9 Å². The summed E-state index contributed by atoms with van der Waals surface area (Å²) in [5.41, 5.74) is 1.15. The predicted octanol–water partition coefficient (Wildman–Crippen LogP) is 1.83. The van der Waals surface area contributed by atoms with Crippen LogP contribution in [0.25, 0.3) is 0 Å².